The molecule has 0 saturated carbocycles. The Kier molecular flexibility index (Phi) is 4.84. The Morgan fingerprint density at radius 2 is 1.82 bits per heavy atom. The first-order chi connectivity index (χ1) is 13.6. The predicted molar refractivity (Wildman–Crippen MR) is 102 cm³/mol. The Morgan fingerprint density at radius 1 is 1.04 bits per heavy atom. The molecule has 2 aliphatic heterocycles. The van der Waals surface area contributed by atoms with Gasteiger partial charge in [-0.05, 0) is 42.8 Å². The Bertz CT molecular complexity index is 926. The Morgan fingerprint density at radius 3 is 2.57 bits per heavy atom. The topological polar surface area (TPSA) is 97.0 Å². The molecule has 3 amide bonds. The van der Waals surface area contributed by atoms with Crippen LogP contribution in [0.15, 0.2) is 42.5 Å². The third-order valence-electron chi connectivity index (χ3n) is 4.58. The van der Waals surface area contributed by atoms with Crippen LogP contribution in [0.1, 0.15) is 23.2 Å². The molecule has 0 radical (unpaired) electrons. The molecule has 0 aliphatic carbocycles. The summed E-state index contributed by atoms with van der Waals surface area (Å²) in [7, 11) is 0. The van der Waals surface area contributed by atoms with Gasteiger partial charge in [-0.25, -0.2) is 0 Å². The fourth-order valence-electron chi connectivity index (χ4n) is 3.16. The van der Waals surface area contributed by atoms with Crippen molar-refractivity contribution in [2.24, 2.45) is 0 Å². The maximum Gasteiger partial charge on any atom is 0.251 e. The predicted octanol–water partition coefficient (Wildman–Crippen LogP) is 1.91. The summed E-state index contributed by atoms with van der Waals surface area (Å²) in [5, 5.41) is 5.28. The van der Waals surface area contributed by atoms with E-state index in [9.17, 15) is 14.4 Å². The first-order valence-electron chi connectivity index (χ1n) is 8.98. The summed E-state index contributed by atoms with van der Waals surface area (Å²) in [6.07, 6.45) is 1.40. The van der Waals surface area contributed by atoms with Crippen LogP contribution in [-0.4, -0.2) is 37.6 Å². The second-order valence-corrected chi connectivity index (χ2v) is 6.49. The number of fused-ring (bicyclic) bond motifs is 1. The molecule has 2 heterocycles. The molecule has 0 bridgehead atoms. The lowest BCUT2D eigenvalue weighted by Crippen LogP contribution is -2.32. The number of hydrogen-bond donors (Lipinski definition) is 2. The van der Waals surface area contributed by atoms with Gasteiger partial charge >= 0.3 is 0 Å². The van der Waals surface area contributed by atoms with Crippen LogP contribution in [0.2, 0.25) is 0 Å². The van der Waals surface area contributed by atoms with E-state index in [1.807, 2.05) is 0 Å². The number of anilines is 2. The number of benzene rings is 2. The summed E-state index contributed by atoms with van der Waals surface area (Å²) in [5.41, 5.74) is 1.76. The van der Waals surface area contributed by atoms with Gasteiger partial charge in [-0.2, -0.15) is 0 Å². The third-order valence-corrected chi connectivity index (χ3v) is 4.58. The second kappa shape index (κ2) is 7.59. The minimum Gasteiger partial charge on any atom is -0.454 e. The molecule has 2 aliphatic rings. The Hall–Kier alpha value is -3.55. The molecule has 0 unspecified atom stereocenters. The van der Waals surface area contributed by atoms with E-state index in [2.05, 4.69) is 10.6 Å². The highest BCUT2D eigenvalue weighted by atomic mass is 16.7. The van der Waals surface area contributed by atoms with Gasteiger partial charge in [0.2, 0.25) is 18.6 Å². The van der Waals surface area contributed by atoms with Gasteiger partial charge in [0.1, 0.15) is 0 Å². The average molecular weight is 381 g/mol. The van der Waals surface area contributed by atoms with E-state index in [0.717, 1.165) is 12.1 Å². The van der Waals surface area contributed by atoms with Crippen molar-refractivity contribution in [1.82, 2.24) is 5.32 Å². The Labute approximate surface area is 161 Å². The number of carbonyl (C=O) groups excluding carboxylic acids is 3. The monoisotopic (exact) mass is 381 g/mol. The minimum atomic E-state index is -0.361. The minimum absolute atomic E-state index is 0.0948. The van der Waals surface area contributed by atoms with Crippen LogP contribution in [0.3, 0.4) is 0 Å². The molecule has 2 aromatic rings. The first-order valence-corrected chi connectivity index (χ1v) is 8.98. The lowest BCUT2D eigenvalue weighted by Gasteiger charge is -2.15. The lowest BCUT2D eigenvalue weighted by atomic mass is 10.2. The lowest BCUT2D eigenvalue weighted by molar-refractivity contribution is -0.117. The third kappa shape index (κ3) is 3.75. The number of ether oxygens (including phenoxy) is 2. The van der Waals surface area contributed by atoms with Crippen LogP contribution < -0.4 is 25.0 Å². The number of carbonyl (C=O) groups is 3. The summed E-state index contributed by atoms with van der Waals surface area (Å²) < 4.78 is 10.5. The molecular weight excluding hydrogens is 362 g/mol. The molecular formula is C20H19N3O5. The van der Waals surface area contributed by atoms with Gasteiger partial charge < -0.3 is 25.0 Å². The summed E-state index contributed by atoms with van der Waals surface area (Å²) in [4.78, 5) is 37.8. The molecule has 8 nitrogen and oxygen atoms in total. The zero-order valence-electron chi connectivity index (χ0n) is 15.1. The number of rotatable bonds is 5. The first kappa shape index (κ1) is 17.8. The smallest absolute Gasteiger partial charge is 0.251 e. The highest BCUT2D eigenvalue weighted by Gasteiger charge is 2.21. The SMILES string of the molecule is O=C(CNC(=O)c1ccc(N2CCCC2=O)cc1)Nc1ccc2c(c1)OCO2. The van der Waals surface area contributed by atoms with E-state index in [0.29, 0.717) is 35.7 Å². The zero-order chi connectivity index (χ0) is 19.5. The normalized spacial score (nSPS) is 14.9. The average Bonchev–Trinajstić information content (AvgIpc) is 3.34. The van der Waals surface area contributed by atoms with Crippen LogP contribution >= 0.6 is 0 Å². The van der Waals surface area contributed by atoms with Crippen molar-refractivity contribution in [3.63, 3.8) is 0 Å². The Balaban J connectivity index is 1.30. The molecule has 2 N–H and O–H groups in total. The van der Waals surface area contributed by atoms with Crippen molar-refractivity contribution in [2.75, 3.05) is 30.1 Å². The van der Waals surface area contributed by atoms with Crippen molar-refractivity contribution < 1.29 is 23.9 Å². The van der Waals surface area contributed by atoms with E-state index in [1.165, 1.54) is 0 Å². The number of amides is 3. The second-order valence-electron chi connectivity index (χ2n) is 6.49. The summed E-state index contributed by atoms with van der Waals surface area (Å²) in [5.74, 6) is 0.577. The highest BCUT2D eigenvalue weighted by Crippen LogP contribution is 2.34. The highest BCUT2D eigenvalue weighted by molar-refractivity contribution is 6.00. The van der Waals surface area contributed by atoms with Gasteiger partial charge in [-0.1, -0.05) is 0 Å². The van der Waals surface area contributed by atoms with Crippen LogP contribution in [0.4, 0.5) is 11.4 Å². The summed E-state index contributed by atoms with van der Waals surface area (Å²) >= 11 is 0. The molecule has 4 rings (SSSR count). The molecule has 1 saturated heterocycles. The van der Waals surface area contributed by atoms with Gasteiger partial charge in [-0.15, -0.1) is 0 Å². The van der Waals surface area contributed by atoms with E-state index in [4.69, 9.17) is 9.47 Å². The zero-order valence-corrected chi connectivity index (χ0v) is 15.1. The maximum atomic E-state index is 12.2. The van der Waals surface area contributed by atoms with Gasteiger partial charge in [0.25, 0.3) is 5.91 Å². The van der Waals surface area contributed by atoms with Crippen LogP contribution in [0.25, 0.3) is 0 Å². The maximum absolute atomic E-state index is 12.2. The summed E-state index contributed by atoms with van der Waals surface area (Å²) in [6.45, 7) is 0.692. The fraction of sp³-hybridized carbons (Fsp3) is 0.250. The molecule has 0 atom stereocenters. The van der Waals surface area contributed by atoms with E-state index in [1.54, 1.807) is 47.4 Å². The largest absolute Gasteiger partial charge is 0.454 e. The fourth-order valence-corrected chi connectivity index (χ4v) is 3.16. The summed E-state index contributed by atoms with van der Waals surface area (Å²) in [6, 6.07) is 11.9. The number of hydrogen-bond acceptors (Lipinski definition) is 5. The molecule has 0 aromatic heterocycles. The van der Waals surface area contributed by atoms with Crippen molar-refractivity contribution >= 4 is 29.1 Å². The molecule has 28 heavy (non-hydrogen) atoms. The van der Waals surface area contributed by atoms with Gasteiger partial charge in [0.05, 0.1) is 6.54 Å². The van der Waals surface area contributed by atoms with Crippen molar-refractivity contribution in [1.29, 1.82) is 0 Å². The van der Waals surface area contributed by atoms with Crippen molar-refractivity contribution in [3.8, 4) is 11.5 Å². The van der Waals surface area contributed by atoms with Gasteiger partial charge in [-0.3, -0.25) is 14.4 Å². The molecule has 0 spiro atoms. The van der Waals surface area contributed by atoms with Crippen LogP contribution in [0, 0.1) is 0 Å². The van der Waals surface area contributed by atoms with Gasteiger partial charge in [0, 0.05) is 36.0 Å². The van der Waals surface area contributed by atoms with E-state index in [-0.39, 0.29) is 31.1 Å². The quantitative estimate of drug-likeness (QED) is 0.825. The van der Waals surface area contributed by atoms with Gasteiger partial charge in [0.15, 0.2) is 11.5 Å². The van der Waals surface area contributed by atoms with E-state index < -0.39 is 0 Å². The molecule has 8 heteroatoms. The van der Waals surface area contributed by atoms with E-state index >= 15 is 0 Å². The van der Waals surface area contributed by atoms with Crippen molar-refractivity contribution in [3.05, 3.63) is 48.0 Å². The standard InChI is InChI=1S/C20H19N3O5/c24-18(22-14-5-8-16-17(10-14)28-12-27-16)11-21-20(26)13-3-6-15(7-4-13)23-9-1-2-19(23)25/h3-8,10H,1-2,9,11-12H2,(H,21,26)(H,22,24). The van der Waals surface area contributed by atoms with Crippen molar-refractivity contribution in [2.45, 2.75) is 12.8 Å². The van der Waals surface area contributed by atoms with Crippen LogP contribution in [-0.2, 0) is 9.59 Å². The van der Waals surface area contributed by atoms with Crippen LogP contribution in [0.5, 0.6) is 11.5 Å². The number of nitrogens with zero attached hydrogens (tertiary/aromatic N) is 1. The molecule has 144 valence electrons. The molecule has 2 aromatic carbocycles. The number of nitrogens with one attached hydrogen (secondary N) is 2. The molecule has 1 fully saturated rings.